The molecule has 0 aliphatic carbocycles. The molecule has 1 aliphatic rings. The Morgan fingerprint density at radius 1 is 1.31 bits per heavy atom. The van der Waals surface area contributed by atoms with Gasteiger partial charge in [0.1, 0.15) is 0 Å². The van der Waals surface area contributed by atoms with E-state index in [1.54, 1.807) is 7.11 Å². The molecule has 1 rings (SSSR count). The van der Waals surface area contributed by atoms with Crippen molar-refractivity contribution in [3.8, 4) is 0 Å². The van der Waals surface area contributed by atoms with Crippen molar-refractivity contribution >= 4 is 0 Å². The molecule has 0 aromatic carbocycles. The van der Waals surface area contributed by atoms with E-state index in [0.29, 0.717) is 5.54 Å². The second-order valence-corrected chi connectivity index (χ2v) is 4.53. The van der Waals surface area contributed by atoms with Gasteiger partial charge in [0, 0.05) is 38.8 Å². The van der Waals surface area contributed by atoms with Crippen molar-refractivity contribution in [3.63, 3.8) is 0 Å². The van der Waals surface area contributed by atoms with Crippen LogP contribution >= 0.6 is 0 Å². The monoisotopic (exact) mass is 186 g/mol. The summed E-state index contributed by atoms with van der Waals surface area (Å²) in [5, 5.41) is 0. The molecule has 0 unspecified atom stereocenters. The van der Waals surface area contributed by atoms with Crippen molar-refractivity contribution in [2.24, 2.45) is 0 Å². The largest absolute Gasteiger partial charge is 0.383 e. The standard InChI is InChI=1S/C10H22N2O/c1-10(2)9-11(3)5-6-12(10)7-8-13-4/h5-9H2,1-4H3. The van der Waals surface area contributed by atoms with Gasteiger partial charge in [0.2, 0.25) is 0 Å². The van der Waals surface area contributed by atoms with Crippen LogP contribution in [0.3, 0.4) is 0 Å². The number of hydrogen-bond acceptors (Lipinski definition) is 3. The highest BCUT2D eigenvalue weighted by Gasteiger charge is 2.31. The molecule has 1 aliphatic heterocycles. The summed E-state index contributed by atoms with van der Waals surface area (Å²) >= 11 is 0. The summed E-state index contributed by atoms with van der Waals surface area (Å²) < 4.78 is 5.11. The summed E-state index contributed by atoms with van der Waals surface area (Å²) in [6.07, 6.45) is 0. The minimum atomic E-state index is 0.297. The van der Waals surface area contributed by atoms with Crippen LogP contribution in [0.5, 0.6) is 0 Å². The van der Waals surface area contributed by atoms with Gasteiger partial charge >= 0.3 is 0 Å². The fourth-order valence-corrected chi connectivity index (χ4v) is 2.05. The number of piperazine rings is 1. The zero-order valence-electron chi connectivity index (χ0n) is 9.34. The summed E-state index contributed by atoms with van der Waals surface area (Å²) in [6.45, 7) is 9.98. The van der Waals surface area contributed by atoms with E-state index in [0.717, 1.165) is 26.2 Å². The molecule has 1 saturated heterocycles. The van der Waals surface area contributed by atoms with Crippen LogP contribution in [0.4, 0.5) is 0 Å². The highest BCUT2D eigenvalue weighted by Crippen LogP contribution is 2.19. The molecule has 3 nitrogen and oxygen atoms in total. The molecule has 1 heterocycles. The molecular formula is C10H22N2O. The molecule has 0 aromatic rings. The average Bonchev–Trinajstić information content (AvgIpc) is 2.01. The van der Waals surface area contributed by atoms with Gasteiger partial charge in [0.05, 0.1) is 6.61 Å². The number of methoxy groups -OCH3 is 1. The van der Waals surface area contributed by atoms with Crippen molar-refractivity contribution < 1.29 is 4.74 Å². The maximum Gasteiger partial charge on any atom is 0.0589 e. The highest BCUT2D eigenvalue weighted by atomic mass is 16.5. The van der Waals surface area contributed by atoms with Crippen LogP contribution in [0.2, 0.25) is 0 Å². The zero-order valence-corrected chi connectivity index (χ0v) is 9.34. The first-order valence-electron chi connectivity index (χ1n) is 4.99. The van der Waals surface area contributed by atoms with Crippen LogP contribution < -0.4 is 0 Å². The first-order chi connectivity index (χ1) is 6.06. The molecule has 0 saturated carbocycles. The number of hydrogen-bond donors (Lipinski definition) is 0. The maximum atomic E-state index is 5.11. The predicted octanol–water partition coefficient (Wildman–Crippen LogP) is 0.659. The predicted molar refractivity (Wildman–Crippen MR) is 55.0 cm³/mol. The van der Waals surface area contributed by atoms with Gasteiger partial charge in [-0.05, 0) is 20.9 Å². The maximum absolute atomic E-state index is 5.11. The molecular weight excluding hydrogens is 164 g/mol. The van der Waals surface area contributed by atoms with Gasteiger partial charge in [-0.25, -0.2) is 0 Å². The van der Waals surface area contributed by atoms with Crippen LogP contribution in [0, 0.1) is 0 Å². The number of rotatable bonds is 3. The Kier molecular flexibility index (Phi) is 3.71. The molecule has 78 valence electrons. The van der Waals surface area contributed by atoms with Crippen LogP contribution in [-0.4, -0.2) is 62.3 Å². The first-order valence-corrected chi connectivity index (χ1v) is 4.99. The topological polar surface area (TPSA) is 15.7 Å². The quantitative estimate of drug-likeness (QED) is 0.644. The Balaban J connectivity index is 2.44. The SMILES string of the molecule is COCCN1CCN(C)CC1(C)C. The number of ether oxygens (including phenoxy) is 1. The fourth-order valence-electron chi connectivity index (χ4n) is 2.05. The molecule has 0 amide bonds. The van der Waals surface area contributed by atoms with Gasteiger partial charge in [0.25, 0.3) is 0 Å². The van der Waals surface area contributed by atoms with E-state index in [1.165, 1.54) is 6.54 Å². The summed E-state index contributed by atoms with van der Waals surface area (Å²) in [6, 6.07) is 0. The minimum absolute atomic E-state index is 0.297. The van der Waals surface area contributed by atoms with E-state index >= 15 is 0 Å². The highest BCUT2D eigenvalue weighted by molar-refractivity contribution is 4.88. The molecule has 0 N–H and O–H groups in total. The second kappa shape index (κ2) is 4.40. The van der Waals surface area contributed by atoms with Gasteiger partial charge in [-0.3, -0.25) is 4.90 Å². The van der Waals surface area contributed by atoms with Crippen molar-refractivity contribution in [3.05, 3.63) is 0 Å². The van der Waals surface area contributed by atoms with Crippen LogP contribution in [0.15, 0.2) is 0 Å². The average molecular weight is 186 g/mol. The van der Waals surface area contributed by atoms with Crippen LogP contribution in [-0.2, 0) is 4.74 Å². The van der Waals surface area contributed by atoms with E-state index in [2.05, 4.69) is 30.7 Å². The lowest BCUT2D eigenvalue weighted by Crippen LogP contribution is -2.58. The van der Waals surface area contributed by atoms with E-state index in [1.807, 2.05) is 0 Å². The summed E-state index contributed by atoms with van der Waals surface area (Å²) in [4.78, 5) is 4.90. The van der Waals surface area contributed by atoms with E-state index in [4.69, 9.17) is 4.74 Å². The van der Waals surface area contributed by atoms with Crippen molar-refractivity contribution in [2.45, 2.75) is 19.4 Å². The molecule has 13 heavy (non-hydrogen) atoms. The summed E-state index contributed by atoms with van der Waals surface area (Å²) in [7, 11) is 3.96. The normalized spacial score (nSPS) is 24.9. The third-order valence-corrected chi connectivity index (χ3v) is 2.83. The Morgan fingerprint density at radius 2 is 2.00 bits per heavy atom. The fraction of sp³-hybridized carbons (Fsp3) is 1.00. The molecule has 0 bridgehead atoms. The molecule has 0 spiro atoms. The lowest BCUT2D eigenvalue weighted by molar-refractivity contribution is 0.0140. The molecule has 1 fully saturated rings. The first kappa shape index (κ1) is 11.0. The van der Waals surface area contributed by atoms with Gasteiger partial charge in [-0.1, -0.05) is 0 Å². The van der Waals surface area contributed by atoms with Crippen molar-refractivity contribution in [1.29, 1.82) is 0 Å². The Bertz CT molecular complexity index is 157. The van der Waals surface area contributed by atoms with Gasteiger partial charge in [-0.2, -0.15) is 0 Å². The number of likely N-dealkylation sites (N-methyl/N-ethyl adjacent to an activating group) is 1. The Hall–Kier alpha value is -0.120. The molecule has 0 atom stereocenters. The molecule has 0 aromatic heterocycles. The van der Waals surface area contributed by atoms with Crippen molar-refractivity contribution in [1.82, 2.24) is 9.80 Å². The third kappa shape index (κ3) is 2.93. The van der Waals surface area contributed by atoms with E-state index in [-0.39, 0.29) is 0 Å². The Labute approximate surface area is 81.7 Å². The summed E-state index contributed by atoms with van der Waals surface area (Å²) in [5.74, 6) is 0. The van der Waals surface area contributed by atoms with Gasteiger partial charge in [-0.15, -0.1) is 0 Å². The molecule has 0 radical (unpaired) electrons. The lowest BCUT2D eigenvalue weighted by atomic mass is 9.99. The smallest absolute Gasteiger partial charge is 0.0589 e. The van der Waals surface area contributed by atoms with E-state index in [9.17, 15) is 0 Å². The zero-order chi connectivity index (χ0) is 9.90. The second-order valence-electron chi connectivity index (χ2n) is 4.53. The van der Waals surface area contributed by atoms with Crippen LogP contribution in [0.25, 0.3) is 0 Å². The minimum Gasteiger partial charge on any atom is -0.383 e. The summed E-state index contributed by atoms with van der Waals surface area (Å²) in [5.41, 5.74) is 0.297. The van der Waals surface area contributed by atoms with Gasteiger partial charge < -0.3 is 9.64 Å². The van der Waals surface area contributed by atoms with Gasteiger partial charge in [0.15, 0.2) is 0 Å². The third-order valence-electron chi connectivity index (χ3n) is 2.83. The van der Waals surface area contributed by atoms with E-state index < -0.39 is 0 Å². The van der Waals surface area contributed by atoms with Crippen LogP contribution in [0.1, 0.15) is 13.8 Å². The lowest BCUT2D eigenvalue weighted by Gasteiger charge is -2.46. The Morgan fingerprint density at radius 3 is 2.54 bits per heavy atom. The molecule has 3 heteroatoms. The number of nitrogens with zero attached hydrogens (tertiary/aromatic N) is 2. The van der Waals surface area contributed by atoms with Crippen molar-refractivity contribution in [2.75, 3.05) is 46.9 Å².